The first-order chi connectivity index (χ1) is 7.21. The molecular weight excluding hydrogens is 194 g/mol. The van der Waals surface area contributed by atoms with Crippen LogP contribution in [-0.2, 0) is 5.92 Å². The second kappa shape index (κ2) is 2.66. The van der Waals surface area contributed by atoms with Crippen LogP contribution >= 0.6 is 0 Å². The van der Waals surface area contributed by atoms with E-state index in [1.165, 1.54) is 12.1 Å². The highest BCUT2D eigenvalue weighted by Crippen LogP contribution is 2.50. The van der Waals surface area contributed by atoms with E-state index in [0.29, 0.717) is 11.1 Å². The van der Waals surface area contributed by atoms with Crippen molar-refractivity contribution < 1.29 is 8.78 Å². The molecule has 0 aliphatic heterocycles. The maximum atomic E-state index is 13.9. The summed E-state index contributed by atoms with van der Waals surface area (Å²) in [6, 6.07) is 14.2. The second-order valence-electron chi connectivity index (χ2n) is 3.58. The van der Waals surface area contributed by atoms with Gasteiger partial charge in [0.1, 0.15) is 0 Å². The minimum Gasteiger partial charge on any atom is -0.196 e. The second-order valence-corrected chi connectivity index (χ2v) is 3.58. The summed E-state index contributed by atoms with van der Waals surface area (Å²) in [5.74, 6) is -2.90. The summed E-state index contributed by atoms with van der Waals surface area (Å²) in [5.41, 5.74) is 1.29. The molecule has 1 radical (unpaired) electrons. The summed E-state index contributed by atoms with van der Waals surface area (Å²) in [7, 11) is 0. The van der Waals surface area contributed by atoms with Gasteiger partial charge in [0.05, 0.1) is 0 Å². The Hall–Kier alpha value is -1.70. The molecule has 0 spiro atoms. The Labute approximate surface area is 86.2 Å². The SMILES string of the molecule is FC1(F)c2[c]cccc2-c2ccccc21. The van der Waals surface area contributed by atoms with E-state index in [1.807, 2.05) is 0 Å². The number of rotatable bonds is 0. The van der Waals surface area contributed by atoms with Crippen molar-refractivity contribution in [2.24, 2.45) is 0 Å². The van der Waals surface area contributed by atoms with Crippen LogP contribution in [0.25, 0.3) is 11.1 Å². The lowest BCUT2D eigenvalue weighted by Gasteiger charge is -2.10. The molecule has 0 bridgehead atoms. The molecule has 2 aromatic carbocycles. The Morgan fingerprint density at radius 3 is 2.53 bits per heavy atom. The highest BCUT2D eigenvalue weighted by atomic mass is 19.3. The molecular formula is C13H7F2. The van der Waals surface area contributed by atoms with Gasteiger partial charge in [-0.25, -0.2) is 0 Å². The fourth-order valence-corrected chi connectivity index (χ4v) is 2.05. The minimum atomic E-state index is -2.90. The number of hydrogen-bond acceptors (Lipinski definition) is 0. The van der Waals surface area contributed by atoms with Crippen molar-refractivity contribution in [3.63, 3.8) is 0 Å². The van der Waals surface area contributed by atoms with Crippen LogP contribution in [-0.4, -0.2) is 0 Å². The van der Waals surface area contributed by atoms with Crippen LogP contribution in [0.4, 0.5) is 8.78 Å². The normalized spacial score (nSPS) is 15.9. The number of hydrogen-bond donors (Lipinski definition) is 0. The molecule has 0 N–H and O–H groups in total. The molecule has 73 valence electrons. The predicted octanol–water partition coefficient (Wildman–Crippen LogP) is 3.61. The lowest BCUT2D eigenvalue weighted by molar-refractivity contribution is 0.0477. The van der Waals surface area contributed by atoms with Crippen molar-refractivity contribution in [2.75, 3.05) is 0 Å². The first-order valence-electron chi connectivity index (χ1n) is 4.70. The molecule has 0 fully saturated rings. The van der Waals surface area contributed by atoms with Crippen LogP contribution in [0.5, 0.6) is 0 Å². The van der Waals surface area contributed by atoms with Gasteiger partial charge in [-0.2, -0.15) is 8.78 Å². The van der Waals surface area contributed by atoms with Gasteiger partial charge in [-0.15, -0.1) is 0 Å². The van der Waals surface area contributed by atoms with E-state index in [4.69, 9.17) is 0 Å². The van der Waals surface area contributed by atoms with Gasteiger partial charge in [-0.05, 0) is 17.2 Å². The topological polar surface area (TPSA) is 0 Å². The minimum absolute atomic E-state index is 0.00815. The van der Waals surface area contributed by atoms with E-state index in [1.54, 1.807) is 30.3 Å². The molecule has 15 heavy (non-hydrogen) atoms. The van der Waals surface area contributed by atoms with Crippen LogP contribution in [0.1, 0.15) is 11.1 Å². The molecule has 2 aromatic rings. The Bertz CT molecular complexity index is 482. The van der Waals surface area contributed by atoms with Crippen LogP contribution in [0, 0.1) is 6.07 Å². The maximum Gasteiger partial charge on any atom is 0.300 e. The average Bonchev–Trinajstić information content (AvgIpc) is 2.51. The average molecular weight is 201 g/mol. The highest BCUT2D eigenvalue weighted by molar-refractivity contribution is 5.78. The molecule has 1 aliphatic rings. The third kappa shape index (κ3) is 0.990. The van der Waals surface area contributed by atoms with Crippen LogP contribution in [0.15, 0.2) is 42.5 Å². The van der Waals surface area contributed by atoms with Crippen molar-refractivity contribution in [1.29, 1.82) is 0 Å². The molecule has 3 rings (SSSR count). The summed E-state index contributed by atoms with van der Waals surface area (Å²) < 4.78 is 27.8. The number of halogens is 2. The predicted molar refractivity (Wildman–Crippen MR) is 53.7 cm³/mol. The molecule has 0 aromatic heterocycles. The van der Waals surface area contributed by atoms with Crippen molar-refractivity contribution in [3.8, 4) is 11.1 Å². The van der Waals surface area contributed by atoms with Crippen LogP contribution in [0.2, 0.25) is 0 Å². The van der Waals surface area contributed by atoms with E-state index in [9.17, 15) is 8.78 Å². The standard InChI is InChI=1S/C13H7F2/c14-13(15)11-7-3-1-5-9(11)10-6-2-4-8-12(10)13/h1-7H. The zero-order valence-corrected chi connectivity index (χ0v) is 7.80. The number of benzene rings is 2. The van der Waals surface area contributed by atoms with Gasteiger partial charge < -0.3 is 0 Å². The fourth-order valence-electron chi connectivity index (χ4n) is 2.05. The van der Waals surface area contributed by atoms with Gasteiger partial charge in [-0.3, -0.25) is 0 Å². The summed E-state index contributed by atoms with van der Waals surface area (Å²) in [5, 5.41) is 0. The first-order valence-corrected chi connectivity index (χ1v) is 4.70. The van der Waals surface area contributed by atoms with Gasteiger partial charge in [0, 0.05) is 11.1 Å². The maximum absolute atomic E-state index is 13.9. The zero-order valence-electron chi connectivity index (χ0n) is 7.80. The molecule has 0 nitrogen and oxygen atoms in total. The van der Waals surface area contributed by atoms with E-state index < -0.39 is 5.92 Å². The molecule has 0 amide bonds. The molecule has 1 aliphatic carbocycles. The Morgan fingerprint density at radius 2 is 1.67 bits per heavy atom. The largest absolute Gasteiger partial charge is 0.300 e. The van der Waals surface area contributed by atoms with Gasteiger partial charge >= 0.3 is 0 Å². The summed E-state index contributed by atoms with van der Waals surface area (Å²) in [6.07, 6.45) is 0. The molecule has 2 heteroatoms. The quantitative estimate of drug-likeness (QED) is 0.610. The summed E-state index contributed by atoms with van der Waals surface area (Å²) in [6.45, 7) is 0. The van der Waals surface area contributed by atoms with E-state index in [-0.39, 0.29) is 11.1 Å². The lowest BCUT2D eigenvalue weighted by atomic mass is 10.1. The van der Waals surface area contributed by atoms with Gasteiger partial charge in [0.15, 0.2) is 0 Å². The van der Waals surface area contributed by atoms with Crippen molar-refractivity contribution in [1.82, 2.24) is 0 Å². The molecule has 0 saturated heterocycles. The van der Waals surface area contributed by atoms with Gasteiger partial charge in [0.2, 0.25) is 0 Å². The third-order valence-electron chi connectivity index (χ3n) is 2.73. The number of alkyl halides is 2. The first kappa shape index (κ1) is 8.60. The van der Waals surface area contributed by atoms with Crippen LogP contribution in [0.3, 0.4) is 0 Å². The Morgan fingerprint density at radius 1 is 0.933 bits per heavy atom. The Balaban J connectivity index is 2.42. The van der Waals surface area contributed by atoms with Gasteiger partial charge in [0.25, 0.3) is 5.92 Å². The molecule has 0 saturated carbocycles. The highest BCUT2D eigenvalue weighted by Gasteiger charge is 2.43. The molecule has 0 unspecified atom stereocenters. The lowest BCUT2D eigenvalue weighted by Crippen LogP contribution is -2.10. The van der Waals surface area contributed by atoms with E-state index in [0.717, 1.165) is 0 Å². The van der Waals surface area contributed by atoms with E-state index >= 15 is 0 Å². The number of fused-ring (bicyclic) bond motifs is 3. The molecule has 0 heterocycles. The van der Waals surface area contributed by atoms with Crippen molar-refractivity contribution in [3.05, 3.63) is 59.7 Å². The van der Waals surface area contributed by atoms with E-state index in [2.05, 4.69) is 6.07 Å². The van der Waals surface area contributed by atoms with Gasteiger partial charge in [-0.1, -0.05) is 42.5 Å². The zero-order chi connectivity index (χ0) is 10.5. The molecule has 0 atom stereocenters. The van der Waals surface area contributed by atoms with Crippen LogP contribution < -0.4 is 0 Å². The summed E-state index contributed by atoms with van der Waals surface area (Å²) in [4.78, 5) is 0. The smallest absolute Gasteiger partial charge is 0.196 e. The van der Waals surface area contributed by atoms with Crippen molar-refractivity contribution in [2.45, 2.75) is 5.92 Å². The summed E-state index contributed by atoms with van der Waals surface area (Å²) >= 11 is 0. The Kier molecular flexibility index (Phi) is 1.52. The fraction of sp³-hybridized carbons (Fsp3) is 0.0769. The van der Waals surface area contributed by atoms with Crippen molar-refractivity contribution >= 4 is 0 Å². The third-order valence-corrected chi connectivity index (χ3v) is 2.73. The monoisotopic (exact) mass is 201 g/mol.